The first kappa shape index (κ1) is 20.3. The molecule has 1 rings (SSSR count). The molecule has 1 aromatic rings. The van der Waals surface area contributed by atoms with Crippen LogP contribution in [0.2, 0.25) is 6.04 Å². The maximum Gasteiger partial charge on any atom is 0.501 e. The summed E-state index contributed by atoms with van der Waals surface area (Å²) in [5, 5.41) is 0. The number of hydrogen-bond donors (Lipinski definition) is 0. The highest BCUT2D eigenvalue weighted by Gasteiger charge is 2.43. The Bertz CT molecular complexity index is 437. The summed E-state index contributed by atoms with van der Waals surface area (Å²) in [5.74, 6) is -0.193. The molecule has 0 saturated heterocycles. The van der Waals surface area contributed by atoms with Gasteiger partial charge in [0, 0.05) is 24.4 Å². The van der Waals surface area contributed by atoms with E-state index in [0.29, 0.717) is 0 Å². The molecular weight excluding hydrogens is 311 g/mol. The standard InChI is InChI=1S/C18H31FO3Si/c1-14(2)20-23(21-15(3)4,22-16(5)6)12-8-10-17-9-7-11-18(19)13-17/h7,9,11,13-16H,8,10,12H2,1-6H3. The average Bonchev–Trinajstić information content (AvgIpc) is 2.35. The minimum atomic E-state index is -2.75. The number of halogens is 1. The Hall–Kier alpha value is -0.753. The van der Waals surface area contributed by atoms with Crippen LogP contribution in [0.25, 0.3) is 0 Å². The highest BCUT2D eigenvalue weighted by molar-refractivity contribution is 6.60. The van der Waals surface area contributed by atoms with Crippen LogP contribution in [-0.2, 0) is 19.7 Å². The fourth-order valence-electron chi connectivity index (χ4n) is 2.54. The van der Waals surface area contributed by atoms with Crippen molar-refractivity contribution in [3.8, 4) is 0 Å². The van der Waals surface area contributed by atoms with Crippen LogP contribution in [0.5, 0.6) is 0 Å². The van der Waals surface area contributed by atoms with Gasteiger partial charge in [0.1, 0.15) is 5.82 Å². The molecule has 0 unspecified atom stereocenters. The minimum absolute atomic E-state index is 0.0494. The van der Waals surface area contributed by atoms with Gasteiger partial charge in [-0.1, -0.05) is 12.1 Å². The van der Waals surface area contributed by atoms with Crippen LogP contribution in [0.3, 0.4) is 0 Å². The average molecular weight is 343 g/mol. The van der Waals surface area contributed by atoms with E-state index in [4.69, 9.17) is 13.3 Å². The predicted octanol–water partition coefficient (Wildman–Crippen LogP) is 4.97. The van der Waals surface area contributed by atoms with Crippen LogP contribution < -0.4 is 0 Å². The van der Waals surface area contributed by atoms with Crippen molar-refractivity contribution in [1.82, 2.24) is 0 Å². The molecule has 0 bridgehead atoms. The van der Waals surface area contributed by atoms with Gasteiger partial charge >= 0.3 is 8.80 Å². The van der Waals surface area contributed by atoms with Crippen molar-refractivity contribution >= 4 is 8.80 Å². The van der Waals surface area contributed by atoms with E-state index in [-0.39, 0.29) is 24.1 Å². The smallest absolute Gasteiger partial charge is 0.371 e. The van der Waals surface area contributed by atoms with Crippen LogP contribution in [0.4, 0.5) is 4.39 Å². The first-order valence-corrected chi connectivity index (χ1v) is 10.4. The van der Waals surface area contributed by atoms with Crippen molar-refractivity contribution in [2.45, 2.75) is 78.7 Å². The van der Waals surface area contributed by atoms with Crippen LogP contribution >= 0.6 is 0 Å². The molecule has 0 aliphatic carbocycles. The van der Waals surface area contributed by atoms with E-state index in [1.54, 1.807) is 12.1 Å². The van der Waals surface area contributed by atoms with Gasteiger partial charge in [0.05, 0.1) is 0 Å². The van der Waals surface area contributed by atoms with E-state index in [1.165, 1.54) is 6.07 Å². The molecule has 0 aliphatic rings. The zero-order valence-electron chi connectivity index (χ0n) is 15.3. The summed E-state index contributed by atoms with van der Waals surface area (Å²) in [4.78, 5) is 0. The molecule has 23 heavy (non-hydrogen) atoms. The Balaban J connectivity index is 2.76. The molecule has 0 aliphatic heterocycles. The van der Waals surface area contributed by atoms with Gasteiger partial charge in [0.2, 0.25) is 0 Å². The van der Waals surface area contributed by atoms with Crippen LogP contribution in [0.15, 0.2) is 24.3 Å². The SMILES string of the molecule is CC(C)O[Si](CCCc1cccc(F)c1)(OC(C)C)OC(C)C. The van der Waals surface area contributed by atoms with E-state index in [0.717, 1.165) is 24.4 Å². The first-order chi connectivity index (χ1) is 10.7. The fraction of sp³-hybridized carbons (Fsp3) is 0.667. The Morgan fingerprint density at radius 1 is 0.913 bits per heavy atom. The van der Waals surface area contributed by atoms with E-state index in [1.807, 2.05) is 47.6 Å². The van der Waals surface area contributed by atoms with Gasteiger partial charge < -0.3 is 13.3 Å². The van der Waals surface area contributed by atoms with E-state index in [9.17, 15) is 4.39 Å². The topological polar surface area (TPSA) is 27.7 Å². The quantitative estimate of drug-likeness (QED) is 0.562. The molecular formula is C18H31FO3Si. The van der Waals surface area contributed by atoms with Gasteiger partial charge in [-0.3, -0.25) is 0 Å². The summed E-state index contributed by atoms with van der Waals surface area (Å²) in [6, 6.07) is 7.47. The van der Waals surface area contributed by atoms with Crippen molar-refractivity contribution in [2.75, 3.05) is 0 Å². The monoisotopic (exact) mass is 342 g/mol. The van der Waals surface area contributed by atoms with E-state index < -0.39 is 8.80 Å². The van der Waals surface area contributed by atoms with Crippen LogP contribution in [-0.4, -0.2) is 27.1 Å². The lowest BCUT2D eigenvalue weighted by atomic mass is 10.1. The molecule has 0 spiro atoms. The Kier molecular flexibility index (Phi) is 8.40. The number of aryl methyl sites for hydroxylation is 1. The second-order valence-corrected chi connectivity index (χ2v) is 9.24. The Morgan fingerprint density at radius 2 is 1.43 bits per heavy atom. The summed E-state index contributed by atoms with van der Waals surface area (Å²) in [6.07, 6.45) is 1.79. The van der Waals surface area contributed by atoms with Crippen LogP contribution in [0.1, 0.15) is 53.5 Å². The first-order valence-electron chi connectivity index (χ1n) is 8.50. The summed E-state index contributed by atoms with van der Waals surface area (Å²) in [5.41, 5.74) is 0.992. The molecule has 0 amide bonds. The lowest BCUT2D eigenvalue weighted by molar-refractivity contribution is 0.00292. The van der Waals surface area contributed by atoms with E-state index >= 15 is 0 Å². The summed E-state index contributed by atoms with van der Waals surface area (Å²) in [7, 11) is -2.75. The fourth-order valence-corrected chi connectivity index (χ4v) is 5.82. The van der Waals surface area contributed by atoms with Crippen molar-refractivity contribution in [1.29, 1.82) is 0 Å². The normalized spacial score (nSPS) is 12.6. The highest BCUT2D eigenvalue weighted by Crippen LogP contribution is 2.24. The third kappa shape index (κ3) is 8.06. The van der Waals surface area contributed by atoms with Gasteiger partial charge in [-0.25, -0.2) is 4.39 Å². The number of benzene rings is 1. The largest absolute Gasteiger partial charge is 0.501 e. The Morgan fingerprint density at radius 3 is 1.87 bits per heavy atom. The highest BCUT2D eigenvalue weighted by atomic mass is 28.4. The van der Waals surface area contributed by atoms with Crippen LogP contribution in [0, 0.1) is 5.82 Å². The molecule has 0 heterocycles. The second-order valence-electron chi connectivity index (χ2n) is 6.67. The van der Waals surface area contributed by atoms with Crippen molar-refractivity contribution < 1.29 is 17.7 Å². The van der Waals surface area contributed by atoms with Gasteiger partial charge in [0.25, 0.3) is 0 Å². The van der Waals surface area contributed by atoms with Gasteiger partial charge in [-0.2, -0.15) is 0 Å². The molecule has 1 aromatic carbocycles. The molecule has 0 saturated carbocycles. The van der Waals surface area contributed by atoms with Gasteiger partial charge in [0.15, 0.2) is 0 Å². The third-order valence-corrected chi connectivity index (χ3v) is 6.54. The van der Waals surface area contributed by atoms with Crippen molar-refractivity contribution in [2.24, 2.45) is 0 Å². The summed E-state index contributed by atoms with van der Waals surface area (Å²) >= 11 is 0. The predicted molar refractivity (Wildman–Crippen MR) is 93.9 cm³/mol. The second kappa shape index (κ2) is 9.52. The molecule has 0 radical (unpaired) electrons. The molecule has 0 fully saturated rings. The molecule has 0 atom stereocenters. The summed E-state index contributed by atoms with van der Waals surface area (Å²) in [6.45, 7) is 12.0. The zero-order valence-corrected chi connectivity index (χ0v) is 16.3. The van der Waals surface area contributed by atoms with E-state index in [2.05, 4.69) is 0 Å². The molecule has 132 valence electrons. The lowest BCUT2D eigenvalue weighted by Gasteiger charge is -2.34. The number of rotatable bonds is 10. The lowest BCUT2D eigenvalue weighted by Crippen LogP contribution is -2.50. The molecule has 0 aromatic heterocycles. The van der Waals surface area contributed by atoms with Gasteiger partial charge in [-0.15, -0.1) is 0 Å². The molecule has 3 nitrogen and oxygen atoms in total. The third-order valence-electron chi connectivity index (χ3n) is 3.08. The molecule has 5 heteroatoms. The zero-order chi connectivity index (χ0) is 17.5. The Labute approximate surface area is 141 Å². The van der Waals surface area contributed by atoms with Crippen molar-refractivity contribution in [3.05, 3.63) is 35.6 Å². The number of hydrogen-bond acceptors (Lipinski definition) is 3. The maximum atomic E-state index is 13.3. The van der Waals surface area contributed by atoms with Gasteiger partial charge in [-0.05, 0) is 72.1 Å². The minimum Gasteiger partial charge on any atom is -0.371 e. The van der Waals surface area contributed by atoms with Crippen molar-refractivity contribution in [3.63, 3.8) is 0 Å². The maximum absolute atomic E-state index is 13.3. The summed E-state index contributed by atoms with van der Waals surface area (Å²) < 4.78 is 31.7. The molecule has 0 N–H and O–H groups in total.